The summed E-state index contributed by atoms with van der Waals surface area (Å²) in [6.45, 7) is 4.14. The van der Waals surface area contributed by atoms with Gasteiger partial charge < -0.3 is 10.5 Å². The zero-order chi connectivity index (χ0) is 13.9. The van der Waals surface area contributed by atoms with Crippen LogP contribution in [0.2, 0.25) is 0 Å². The van der Waals surface area contributed by atoms with Crippen LogP contribution in [0.1, 0.15) is 36.8 Å². The Hall–Kier alpha value is -1.06. The van der Waals surface area contributed by atoms with Crippen molar-refractivity contribution in [1.82, 2.24) is 4.90 Å². The summed E-state index contributed by atoms with van der Waals surface area (Å²) in [4.78, 5) is 2.65. The second-order valence-corrected chi connectivity index (χ2v) is 6.43. The fourth-order valence-corrected chi connectivity index (χ4v) is 2.85. The second-order valence-electron chi connectivity index (χ2n) is 6.43. The number of ether oxygens (including phenoxy) is 1. The van der Waals surface area contributed by atoms with Crippen molar-refractivity contribution in [3.8, 4) is 5.75 Å². The third-order valence-corrected chi connectivity index (χ3v) is 4.40. The van der Waals surface area contributed by atoms with Gasteiger partial charge in [-0.15, -0.1) is 0 Å². The molecule has 0 aliphatic heterocycles. The van der Waals surface area contributed by atoms with Crippen molar-refractivity contribution in [1.29, 1.82) is 0 Å². The SMILES string of the molecule is COc1cc(CN(CC2CC2)CC2CC2)ccc1CN. The number of rotatable bonds is 8. The van der Waals surface area contributed by atoms with Crippen LogP contribution in [0.15, 0.2) is 18.2 Å². The molecule has 0 radical (unpaired) electrons. The van der Waals surface area contributed by atoms with Crippen molar-refractivity contribution >= 4 is 0 Å². The first-order valence-corrected chi connectivity index (χ1v) is 7.86. The highest BCUT2D eigenvalue weighted by molar-refractivity contribution is 5.37. The Labute approximate surface area is 122 Å². The fourth-order valence-electron chi connectivity index (χ4n) is 2.85. The van der Waals surface area contributed by atoms with E-state index in [9.17, 15) is 0 Å². The minimum atomic E-state index is 0.539. The summed E-state index contributed by atoms with van der Waals surface area (Å²) in [5.74, 6) is 2.85. The lowest BCUT2D eigenvalue weighted by atomic mass is 10.1. The van der Waals surface area contributed by atoms with Crippen LogP contribution in [0, 0.1) is 11.8 Å². The molecular formula is C17H26N2O. The van der Waals surface area contributed by atoms with Gasteiger partial charge in [0.05, 0.1) is 7.11 Å². The first kappa shape index (κ1) is 13.9. The van der Waals surface area contributed by atoms with E-state index in [1.54, 1.807) is 7.11 Å². The standard InChI is InChI=1S/C17H26N2O/c1-20-17-8-15(6-7-16(17)9-18)12-19(10-13-2-3-13)11-14-4-5-14/h6-8,13-14H,2-5,9-12,18H2,1H3. The molecular weight excluding hydrogens is 248 g/mol. The predicted molar refractivity (Wildman–Crippen MR) is 81.6 cm³/mol. The topological polar surface area (TPSA) is 38.5 Å². The average molecular weight is 274 g/mol. The van der Waals surface area contributed by atoms with E-state index in [-0.39, 0.29) is 0 Å². The maximum atomic E-state index is 5.74. The zero-order valence-electron chi connectivity index (χ0n) is 12.5. The van der Waals surface area contributed by atoms with Crippen molar-refractivity contribution in [3.05, 3.63) is 29.3 Å². The Bertz CT molecular complexity index is 438. The van der Waals surface area contributed by atoms with E-state index in [2.05, 4.69) is 23.1 Å². The van der Waals surface area contributed by atoms with Crippen LogP contribution in [0.3, 0.4) is 0 Å². The Kier molecular flexibility index (Phi) is 4.27. The molecule has 3 nitrogen and oxygen atoms in total. The van der Waals surface area contributed by atoms with Gasteiger partial charge in [0.2, 0.25) is 0 Å². The Morgan fingerprint density at radius 3 is 2.30 bits per heavy atom. The minimum Gasteiger partial charge on any atom is -0.496 e. The molecule has 0 spiro atoms. The predicted octanol–water partition coefficient (Wildman–Crippen LogP) is 2.78. The third-order valence-electron chi connectivity index (χ3n) is 4.40. The number of nitrogens with two attached hydrogens (primary N) is 1. The van der Waals surface area contributed by atoms with Crippen LogP contribution < -0.4 is 10.5 Å². The summed E-state index contributed by atoms with van der Waals surface area (Å²) < 4.78 is 5.45. The summed E-state index contributed by atoms with van der Waals surface area (Å²) in [6.07, 6.45) is 5.71. The number of benzene rings is 1. The highest BCUT2D eigenvalue weighted by atomic mass is 16.5. The van der Waals surface area contributed by atoms with E-state index >= 15 is 0 Å². The highest BCUT2D eigenvalue weighted by Crippen LogP contribution is 2.34. The van der Waals surface area contributed by atoms with Crippen molar-refractivity contribution in [2.24, 2.45) is 17.6 Å². The van der Waals surface area contributed by atoms with E-state index in [0.29, 0.717) is 6.54 Å². The molecule has 1 aromatic carbocycles. The van der Waals surface area contributed by atoms with Crippen molar-refractivity contribution in [2.45, 2.75) is 38.8 Å². The van der Waals surface area contributed by atoms with E-state index in [0.717, 1.165) is 29.7 Å². The summed E-state index contributed by atoms with van der Waals surface area (Å²) >= 11 is 0. The molecule has 3 rings (SSSR count). The third kappa shape index (κ3) is 3.74. The van der Waals surface area contributed by atoms with Gasteiger partial charge in [0.25, 0.3) is 0 Å². The van der Waals surface area contributed by atoms with Crippen molar-refractivity contribution in [2.75, 3.05) is 20.2 Å². The Morgan fingerprint density at radius 2 is 1.80 bits per heavy atom. The molecule has 3 heteroatoms. The molecule has 0 amide bonds. The van der Waals surface area contributed by atoms with Gasteiger partial charge in [-0.2, -0.15) is 0 Å². The lowest BCUT2D eigenvalue weighted by Gasteiger charge is -2.22. The number of hydrogen-bond acceptors (Lipinski definition) is 3. The normalized spacial score (nSPS) is 18.6. The molecule has 2 N–H and O–H groups in total. The molecule has 0 atom stereocenters. The average Bonchev–Trinajstić information content (AvgIpc) is 3.35. The van der Waals surface area contributed by atoms with Gasteiger partial charge in [-0.25, -0.2) is 0 Å². The lowest BCUT2D eigenvalue weighted by molar-refractivity contribution is 0.244. The van der Waals surface area contributed by atoms with E-state index in [1.165, 1.54) is 44.3 Å². The zero-order valence-corrected chi connectivity index (χ0v) is 12.5. The number of nitrogens with zero attached hydrogens (tertiary/aromatic N) is 1. The minimum absolute atomic E-state index is 0.539. The van der Waals surface area contributed by atoms with Gasteiger partial charge in [0.1, 0.15) is 5.75 Å². The largest absolute Gasteiger partial charge is 0.496 e. The molecule has 0 bridgehead atoms. The van der Waals surface area contributed by atoms with Crippen LogP contribution in [0.25, 0.3) is 0 Å². The fraction of sp³-hybridized carbons (Fsp3) is 0.647. The molecule has 1 aromatic rings. The van der Waals surface area contributed by atoms with Crippen LogP contribution in [0.5, 0.6) is 5.75 Å². The van der Waals surface area contributed by atoms with E-state index < -0.39 is 0 Å². The highest BCUT2D eigenvalue weighted by Gasteiger charge is 2.29. The summed E-state index contributed by atoms with van der Waals surface area (Å²) in [5.41, 5.74) is 8.17. The first-order valence-electron chi connectivity index (χ1n) is 7.86. The van der Waals surface area contributed by atoms with Crippen LogP contribution >= 0.6 is 0 Å². The molecule has 110 valence electrons. The summed E-state index contributed by atoms with van der Waals surface area (Å²) in [7, 11) is 1.73. The number of methoxy groups -OCH3 is 1. The van der Waals surface area contributed by atoms with Crippen LogP contribution in [0.4, 0.5) is 0 Å². The molecule has 20 heavy (non-hydrogen) atoms. The molecule has 0 heterocycles. The van der Waals surface area contributed by atoms with Gasteiger partial charge in [-0.3, -0.25) is 4.90 Å². The van der Waals surface area contributed by atoms with Crippen molar-refractivity contribution in [3.63, 3.8) is 0 Å². The molecule has 0 unspecified atom stereocenters. The summed E-state index contributed by atoms with van der Waals surface area (Å²) in [6, 6.07) is 6.48. The molecule has 2 fully saturated rings. The quantitative estimate of drug-likeness (QED) is 0.792. The van der Waals surface area contributed by atoms with Crippen molar-refractivity contribution < 1.29 is 4.74 Å². The smallest absolute Gasteiger partial charge is 0.123 e. The second kappa shape index (κ2) is 6.15. The van der Waals surface area contributed by atoms with Gasteiger partial charge in [-0.1, -0.05) is 12.1 Å². The molecule has 2 aliphatic rings. The van der Waals surface area contributed by atoms with Gasteiger partial charge >= 0.3 is 0 Å². The molecule has 2 saturated carbocycles. The molecule has 2 aliphatic carbocycles. The Morgan fingerprint density at radius 1 is 1.15 bits per heavy atom. The number of hydrogen-bond donors (Lipinski definition) is 1. The van der Waals surface area contributed by atoms with E-state index in [1.807, 2.05) is 0 Å². The lowest BCUT2D eigenvalue weighted by Crippen LogP contribution is -2.27. The molecule has 0 saturated heterocycles. The first-order chi connectivity index (χ1) is 9.78. The summed E-state index contributed by atoms with van der Waals surface area (Å²) in [5, 5.41) is 0. The van der Waals surface area contributed by atoms with Gasteiger partial charge in [0, 0.05) is 31.7 Å². The van der Waals surface area contributed by atoms with Gasteiger partial charge in [0.15, 0.2) is 0 Å². The van der Waals surface area contributed by atoms with Crippen LogP contribution in [-0.2, 0) is 13.1 Å². The maximum Gasteiger partial charge on any atom is 0.123 e. The Balaban J connectivity index is 1.66. The van der Waals surface area contributed by atoms with Crippen LogP contribution in [-0.4, -0.2) is 25.1 Å². The maximum absolute atomic E-state index is 5.74. The monoisotopic (exact) mass is 274 g/mol. The van der Waals surface area contributed by atoms with Gasteiger partial charge in [-0.05, 0) is 49.1 Å². The van der Waals surface area contributed by atoms with E-state index in [4.69, 9.17) is 10.5 Å². The molecule has 0 aromatic heterocycles.